The molecule has 0 aliphatic rings. The van der Waals surface area contributed by atoms with Crippen molar-refractivity contribution in [3.05, 3.63) is 122 Å². The van der Waals surface area contributed by atoms with Gasteiger partial charge in [-0.05, 0) is 89.9 Å². The summed E-state index contributed by atoms with van der Waals surface area (Å²) in [5.41, 5.74) is 0. The maximum atomic E-state index is 12.4. The molecule has 0 fully saturated rings. The lowest BCUT2D eigenvalue weighted by molar-refractivity contribution is -0.123. The van der Waals surface area contributed by atoms with Crippen LogP contribution in [-0.4, -0.2) is 34.9 Å². The average Bonchev–Trinajstić information content (AvgIpc) is 3.31. The van der Waals surface area contributed by atoms with E-state index in [4.69, 9.17) is 0 Å². The number of amides is 1. The molecule has 0 rings (SSSR count). The van der Waals surface area contributed by atoms with Gasteiger partial charge in [0.25, 0.3) is 0 Å². The number of allylic oxidation sites excluding steroid dienone is 20. The summed E-state index contributed by atoms with van der Waals surface area (Å²) < 4.78 is 0. The molecule has 0 saturated heterocycles. The van der Waals surface area contributed by atoms with Crippen LogP contribution in [0.3, 0.4) is 0 Å². The molecule has 0 bridgehead atoms. The van der Waals surface area contributed by atoms with Gasteiger partial charge < -0.3 is 15.5 Å². The predicted molar refractivity (Wildman–Crippen MR) is 289 cm³/mol. The number of hydrogen-bond acceptors (Lipinski definition) is 3. The first-order valence-corrected chi connectivity index (χ1v) is 27.2. The average molecular weight is 898 g/mol. The van der Waals surface area contributed by atoms with Gasteiger partial charge in [0.2, 0.25) is 5.91 Å². The Morgan fingerprint density at radius 1 is 0.385 bits per heavy atom. The lowest BCUT2D eigenvalue weighted by Gasteiger charge is -2.22. The van der Waals surface area contributed by atoms with Crippen LogP contribution in [0.1, 0.15) is 239 Å². The molecule has 0 heterocycles. The Labute approximate surface area is 403 Å². The van der Waals surface area contributed by atoms with Crippen molar-refractivity contribution in [3.8, 4) is 0 Å². The zero-order valence-corrected chi connectivity index (χ0v) is 42.5. The van der Waals surface area contributed by atoms with E-state index >= 15 is 0 Å². The summed E-state index contributed by atoms with van der Waals surface area (Å²) in [6.07, 6.45) is 84.6. The van der Waals surface area contributed by atoms with E-state index in [1.807, 2.05) is 0 Å². The molecule has 3 N–H and O–H groups in total. The first kappa shape index (κ1) is 61.8. The molecule has 0 aliphatic heterocycles. The smallest absolute Gasteiger partial charge is 0.220 e. The van der Waals surface area contributed by atoms with Crippen molar-refractivity contribution < 1.29 is 15.0 Å². The van der Waals surface area contributed by atoms with Crippen molar-refractivity contribution in [2.24, 2.45) is 0 Å². The van der Waals surface area contributed by atoms with Gasteiger partial charge in [-0.15, -0.1) is 0 Å². The van der Waals surface area contributed by atoms with Gasteiger partial charge in [-0.1, -0.05) is 264 Å². The molecule has 0 spiro atoms. The zero-order chi connectivity index (χ0) is 47.0. The van der Waals surface area contributed by atoms with E-state index in [2.05, 4.69) is 141 Å². The fourth-order valence-electron chi connectivity index (χ4n) is 7.62. The van der Waals surface area contributed by atoms with Gasteiger partial charge in [0, 0.05) is 6.42 Å². The summed E-state index contributed by atoms with van der Waals surface area (Å²) in [5, 5.41) is 23.2. The molecule has 4 nitrogen and oxygen atoms in total. The summed E-state index contributed by atoms with van der Waals surface area (Å²) in [5.74, 6) is -0.0414. The van der Waals surface area contributed by atoms with E-state index in [9.17, 15) is 15.0 Å². The Kier molecular flexibility index (Phi) is 52.4. The Morgan fingerprint density at radius 2 is 0.677 bits per heavy atom. The van der Waals surface area contributed by atoms with Crippen LogP contribution in [0.2, 0.25) is 0 Å². The monoisotopic (exact) mass is 898 g/mol. The van der Waals surface area contributed by atoms with Crippen molar-refractivity contribution in [3.63, 3.8) is 0 Å². The van der Waals surface area contributed by atoms with Crippen LogP contribution in [-0.2, 0) is 4.79 Å². The number of carbonyl (C=O) groups excluding carboxylic acids is 1. The van der Waals surface area contributed by atoms with Crippen LogP contribution in [0.25, 0.3) is 0 Å². The first-order valence-electron chi connectivity index (χ1n) is 27.2. The quantitative estimate of drug-likeness (QED) is 0.0421. The van der Waals surface area contributed by atoms with Gasteiger partial charge in [0.05, 0.1) is 18.8 Å². The minimum Gasteiger partial charge on any atom is -0.394 e. The third kappa shape index (κ3) is 51.6. The van der Waals surface area contributed by atoms with Crippen LogP contribution < -0.4 is 5.32 Å². The number of rotatable bonds is 48. The second-order valence-corrected chi connectivity index (χ2v) is 17.9. The summed E-state index contributed by atoms with van der Waals surface area (Å²) in [7, 11) is 0. The number of hydrogen-bond donors (Lipinski definition) is 3. The molecule has 0 saturated carbocycles. The highest BCUT2D eigenvalue weighted by Crippen LogP contribution is 2.15. The molecular formula is C61H103NO3. The second-order valence-electron chi connectivity index (χ2n) is 17.9. The van der Waals surface area contributed by atoms with Gasteiger partial charge in [0.1, 0.15) is 0 Å². The summed E-state index contributed by atoms with van der Waals surface area (Å²) in [6, 6.07) is -0.545. The third-order valence-electron chi connectivity index (χ3n) is 11.7. The maximum Gasteiger partial charge on any atom is 0.220 e. The minimum absolute atomic E-state index is 0.0414. The summed E-state index contributed by atoms with van der Waals surface area (Å²) >= 11 is 0. The van der Waals surface area contributed by atoms with Crippen molar-refractivity contribution in [1.29, 1.82) is 0 Å². The lowest BCUT2D eigenvalue weighted by Crippen LogP contribution is -2.45. The molecular weight excluding hydrogens is 795 g/mol. The van der Waals surface area contributed by atoms with Crippen LogP contribution in [0.5, 0.6) is 0 Å². The summed E-state index contributed by atoms with van der Waals surface area (Å²) in [4.78, 5) is 12.4. The number of carbonyl (C=O) groups is 1. The standard InChI is InChI=1S/C61H103NO3/c1-3-5-7-9-11-13-15-17-18-19-20-21-22-23-24-25-26-27-28-29-30-31-32-33-34-35-36-37-38-39-40-41-42-43-44-45-47-49-51-53-55-57-61(65)62-59(58-63)60(64)56-54-52-50-48-46-16-14-12-10-8-6-4-2/h5,7,11,13,17-18,20-21,23-24,26-27,29-30,32-33,35-36,38-39,59-60,63-64H,3-4,6,8-10,12,14-16,19,22,25,28,31,34,37,40-58H2,1-2H3,(H,62,65)/b7-5-,13-11-,18-17-,21-20-,24-23-,27-26-,30-29-,33-32-,36-35-,39-38-. The molecule has 370 valence electrons. The predicted octanol–water partition coefficient (Wildman–Crippen LogP) is 18.1. The second kappa shape index (κ2) is 55.1. The van der Waals surface area contributed by atoms with Crippen LogP contribution >= 0.6 is 0 Å². The minimum atomic E-state index is -0.667. The molecule has 2 atom stereocenters. The van der Waals surface area contributed by atoms with Gasteiger partial charge in [-0.2, -0.15) is 0 Å². The van der Waals surface area contributed by atoms with Crippen molar-refractivity contribution in [2.75, 3.05) is 6.61 Å². The van der Waals surface area contributed by atoms with E-state index in [1.54, 1.807) is 0 Å². The van der Waals surface area contributed by atoms with Gasteiger partial charge in [-0.3, -0.25) is 4.79 Å². The fourth-order valence-corrected chi connectivity index (χ4v) is 7.62. The highest BCUT2D eigenvalue weighted by molar-refractivity contribution is 5.76. The van der Waals surface area contributed by atoms with E-state index in [0.717, 1.165) is 89.9 Å². The lowest BCUT2D eigenvalue weighted by atomic mass is 10.0. The highest BCUT2D eigenvalue weighted by atomic mass is 16.3. The topological polar surface area (TPSA) is 69.6 Å². The number of aliphatic hydroxyl groups excluding tert-OH is 2. The number of nitrogens with one attached hydrogen (secondary N) is 1. The van der Waals surface area contributed by atoms with E-state index in [0.29, 0.717) is 12.8 Å². The third-order valence-corrected chi connectivity index (χ3v) is 11.7. The normalized spacial score (nSPS) is 13.8. The molecule has 0 aromatic rings. The zero-order valence-electron chi connectivity index (χ0n) is 42.5. The van der Waals surface area contributed by atoms with E-state index < -0.39 is 12.1 Å². The van der Waals surface area contributed by atoms with Gasteiger partial charge >= 0.3 is 0 Å². The van der Waals surface area contributed by atoms with Gasteiger partial charge in [-0.25, -0.2) is 0 Å². The molecule has 0 aromatic heterocycles. The Morgan fingerprint density at radius 3 is 1.02 bits per heavy atom. The maximum absolute atomic E-state index is 12.4. The van der Waals surface area contributed by atoms with Crippen molar-refractivity contribution >= 4 is 5.91 Å². The molecule has 2 unspecified atom stereocenters. The molecule has 0 aromatic carbocycles. The fraction of sp³-hybridized carbons (Fsp3) is 0.656. The van der Waals surface area contributed by atoms with Crippen LogP contribution in [0, 0.1) is 0 Å². The molecule has 0 aliphatic carbocycles. The van der Waals surface area contributed by atoms with E-state index in [-0.39, 0.29) is 12.5 Å². The highest BCUT2D eigenvalue weighted by Gasteiger charge is 2.20. The molecule has 4 heteroatoms. The molecule has 65 heavy (non-hydrogen) atoms. The van der Waals surface area contributed by atoms with E-state index in [1.165, 1.54) is 122 Å². The molecule has 1 amide bonds. The van der Waals surface area contributed by atoms with Crippen molar-refractivity contribution in [1.82, 2.24) is 5.32 Å². The number of unbranched alkanes of at least 4 members (excludes halogenated alkanes) is 21. The van der Waals surface area contributed by atoms with Crippen LogP contribution in [0.15, 0.2) is 122 Å². The summed E-state index contributed by atoms with van der Waals surface area (Å²) in [6.45, 7) is 4.23. The number of aliphatic hydroxyl groups is 2. The largest absolute Gasteiger partial charge is 0.394 e. The van der Waals surface area contributed by atoms with Crippen molar-refractivity contribution in [2.45, 2.75) is 251 Å². The Balaban J connectivity index is 3.59. The Hall–Kier alpha value is -3.21. The first-order chi connectivity index (χ1) is 32.2. The van der Waals surface area contributed by atoms with Gasteiger partial charge in [0.15, 0.2) is 0 Å². The molecule has 0 radical (unpaired) electrons. The Bertz CT molecular complexity index is 1290. The SMILES string of the molecule is CC/C=C\C/C=C\C/C=C\C/C=C\C/C=C\C/C=C\C/C=C\C/C=C\C/C=C\C/C=C\CCCCCCCCCCCCC(=O)NC(CO)C(O)CCCCCCCCCCCCCC. The van der Waals surface area contributed by atoms with Crippen LogP contribution in [0.4, 0.5) is 0 Å².